The van der Waals surface area contributed by atoms with Gasteiger partial charge in [0, 0.05) is 18.4 Å². The lowest BCUT2D eigenvalue weighted by Crippen LogP contribution is -2.31. The lowest BCUT2D eigenvalue weighted by Gasteiger charge is -2.24. The van der Waals surface area contributed by atoms with E-state index in [1.165, 1.54) is 0 Å². The number of amides is 1. The Balaban J connectivity index is 1.66. The average molecular weight is 296 g/mol. The molecule has 1 atom stereocenters. The third kappa shape index (κ3) is 3.27. The molecule has 0 spiro atoms. The molecule has 3 rings (SSSR count). The Bertz CT molecular complexity index is 643. The van der Waals surface area contributed by atoms with Crippen molar-refractivity contribution < 1.29 is 9.53 Å². The summed E-state index contributed by atoms with van der Waals surface area (Å²) in [5.74, 6) is 0. The summed E-state index contributed by atoms with van der Waals surface area (Å²) < 4.78 is 5.47. The molecule has 0 saturated carbocycles. The molecule has 1 aromatic heterocycles. The molecule has 0 bridgehead atoms. The van der Waals surface area contributed by atoms with Gasteiger partial charge in [0.1, 0.15) is 6.61 Å². The number of benzene rings is 1. The van der Waals surface area contributed by atoms with E-state index in [2.05, 4.69) is 4.98 Å². The number of ether oxygens (including phenoxy) is 1. The number of aryl methyl sites for hydroxylation is 1. The Morgan fingerprint density at radius 3 is 2.91 bits per heavy atom. The Morgan fingerprint density at radius 2 is 2.14 bits per heavy atom. The molecule has 4 heteroatoms. The average Bonchev–Trinajstić information content (AvgIpc) is 3.03. The Labute approximate surface area is 130 Å². The molecule has 0 radical (unpaired) electrons. The van der Waals surface area contributed by atoms with Crippen molar-refractivity contribution >= 4 is 6.09 Å². The fourth-order valence-corrected chi connectivity index (χ4v) is 2.91. The van der Waals surface area contributed by atoms with Gasteiger partial charge >= 0.3 is 6.09 Å². The molecule has 0 N–H and O–H groups in total. The molecule has 1 saturated heterocycles. The molecule has 0 unspecified atom stereocenters. The summed E-state index contributed by atoms with van der Waals surface area (Å²) in [5, 5.41) is 0. The molecule has 2 heterocycles. The second-order valence-electron chi connectivity index (χ2n) is 5.62. The van der Waals surface area contributed by atoms with Crippen LogP contribution >= 0.6 is 0 Å². The highest BCUT2D eigenvalue weighted by atomic mass is 16.6. The summed E-state index contributed by atoms with van der Waals surface area (Å²) in [7, 11) is 0. The minimum absolute atomic E-state index is 0.102. The van der Waals surface area contributed by atoms with Crippen molar-refractivity contribution in [3.63, 3.8) is 0 Å². The molecule has 1 aliphatic rings. The third-order valence-corrected chi connectivity index (χ3v) is 4.00. The molecule has 2 aromatic rings. The summed E-state index contributed by atoms with van der Waals surface area (Å²) in [4.78, 5) is 18.4. The highest BCUT2D eigenvalue weighted by Gasteiger charge is 2.31. The van der Waals surface area contributed by atoms with Gasteiger partial charge in [0.15, 0.2) is 0 Å². The Morgan fingerprint density at radius 1 is 1.32 bits per heavy atom. The number of nitrogens with zero attached hydrogens (tertiary/aromatic N) is 2. The number of hydrogen-bond acceptors (Lipinski definition) is 3. The van der Waals surface area contributed by atoms with Gasteiger partial charge in [-0.2, -0.15) is 0 Å². The van der Waals surface area contributed by atoms with Gasteiger partial charge in [0.2, 0.25) is 0 Å². The van der Waals surface area contributed by atoms with E-state index in [9.17, 15) is 4.79 Å². The number of pyridine rings is 1. The summed E-state index contributed by atoms with van der Waals surface area (Å²) >= 11 is 0. The van der Waals surface area contributed by atoms with E-state index >= 15 is 0 Å². The van der Waals surface area contributed by atoms with E-state index in [-0.39, 0.29) is 12.1 Å². The van der Waals surface area contributed by atoms with Crippen molar-refractivity contribution in [2.75, 3.05) is 6.54 Å². The van der Waals surface area contributed by atoms with Crippen LogP contribution < -0.4 is 0 Å². The second-order valence-corrected chi connectivity index (χ2v) is 5.62. The Hall–Kier alpha value is -2.36. The molecule has 22 heavy (non-hydrogen) atoms. The van der Waals surface area contributed by atoms with Gasteiger partial charge in [-0.25, -0.2) is 4.79 Å². The summed E-state index contributed by atoms with van der Waals surface area (Å²) in [6, 6.07) is 13.9. The molecule has 1 amide bonds. The van der Waals surface area contributed by atoms with Gasteiger partial charge in [-0.15, -0.1) is 0 Å². The molecule has 0 aliphatic carbocycles. The van der Waals surface area contributed by atoms with Crippen LogP contribution in [0, 0.1) is 6.92 Å². The number of likely N-dealkylation sites (tertiary alicyclic amines) is 1. The zero-order valence-corrected chi connectivity index (χ0v) is 12.7. The molecule has 114 valence electrons. The summed E-state index contributed by atoms with van der Waals surface area (Å²) in [5.41, 5.74) is 3.12. The molecule has 4 nitrogen and oxygen atoms in total. The standard InChI is InChI=1S/C18H20N2O2/c1-14-12-16(9-10-19-14)17-8-5-11-20(17)18(21)22-13-15-6-3-2-4-7-15/h2-4,6-7,9-10,12,17H,5,8,11,13H2,1H3/t17-/m0/s1. The maximum atomic E-state index is 12.4. The van der Waals surface area contributed by atoms with E-state index < -0.39 is 0 Å². The zero-order valence-electron chi connectivity index (χ0n) is 12.7. The summed E-state index contributed by atoms with van der Waals surface area (Å²) in [6.07, 6.45) is 3.55. The first-order valence-corrected chi connectivity index (χ1v) is 7.64. The maximum absolute atomic E-state index is 12.4. The monoisotopic (exact) mass is 296 g/mol. The van der Waals surface area contributed by atoms with Gasteiger partial charge in [-0.05, 0) is 43.0 Å². The lowest BCUT2D eigenvalue weighted by atomic mass is 10.1. The number of rotatable bonds is 3. The maximum Gasteiger partial charge on any atom is 0.410 e. The molecular formula is C18H20N2O2. The van der Waals surface area contributed by atoms with Crippen molar-refractivity contribution in [2.24, 2.45) is 0 Å². The van der Waals surface area contributed by atoms with Crippen LogP contribution in [0.15, 0.2) is 48.7 Å². The van der Waals surface area contributed by atoms with Crippen LogP contribution in [0.4, 0.5) is 4.79 Å². The normalized spacial score (nSPS) is 17.5. The van der Waals surface area contributed by atoms with Crippen molar-refractivity contribution in [1.29, 1.82) is 0 Å². The first kappa shape index (κ1) is 14.6. The highest BCUT2D eigenvalue weighted by Crippen LogP contribution is 2.32. The minimum atomic E-state index is -0.235. The van der Waals surface area contributed by atoms with Crippen molar-refractivity contribution in [3.8, 4) is 0 Å². The van der Waals surface area contributed by atoms with Crippen LogP contribution in [0.25, 0.3) is 0 Å². The Kier molecular flexibility index (Phi) is 4.37. The van der Waals surface area contributed by atoms with Gasteiger partial charge in [0.05, 0.1) is 6.04 Å². The predicted octanol–water partition coefficient (Wildman–Crippen LogP) is 3.86. The molecule has 1 aliphatic heterocycles. The van der Waals surface area contributed by atoms with Gasteiger partial charge < -0.3 is 9.64 Å². The number of hydrogen-bond donors (Lipinski definition) is 0. The molecular weight excluding hydrogens is 276 g/mol. The first-order valence-electron chi connectivity index (χ1n) is 7.64. The fourth-order valence-electron chi connectivity index (χ4n) is 2.91. The number of carbonyl (C=O) groups excluding carboxylic acids is 1. The van der Waals surface area contributed by atoms with Gasteiger partial charge in [-0.3, -0.25) is 4.98 Å². The third-order valence-electron chi connectivity index (χ3n) is 4.00. The van der Waals surface area contributed by atoms with Gasteiger partial charge in [-0.1, -0.05) is 30.3 Å². The minimum Gasteiger partial charge on any atom is -0.445 e. The van der Waals surface area contributed by atoms with Crippen molar-refractivity contribution in [2.45, 2.75) is 32.4 Å². The summed E-state index contributed by atoms with van der Waals surface area (Å²) in [6.45, 7) is 3.04. The topological polar surface area (TPSA) is 42.4 Å². The van der Waals surface area contributed by atoms with E-state index in [4.69, 9.17) is 4.74 Å². The molecule has 1 aromatic carbocycles. The number of aromatic nitrogens is 1. The zero-order chi connectivity index (χ0) is 15.4. The van der Waals surface area contributed by atoms with E-state index in [0.717, 1.165) is 36.2 Å². The van der Waals surface area contributed by atoms with Crippen LogP contribution in [0.1, 0.15) is 35.7 Å². The van der Waals surface area contributed by atoms with Crippen LogP contribution in [-0.2, 0) is 11.3 Å². The van der Waals surface area contributed by atoms with Crippen LogP contribution in [0.3, 0.4) is 0 Å². The fraction of sp³-hybridized carbons (Fsp3) is 0.333. The van der Waals surface area contributed by atoms with Crippen LogP contribution in [-0.4, -0.2) is 22.5 Å². The van der Waals surface area contributed by atoms with Crippen molar-refractivity contribution in [3.05, 3.63) is 65.5 Å². The lowest BCUT2D eigenvalue weighted by molar-refractivity contribution is 0.0920. The van der Waals surface area contributed by atoms with E-state index in [0.29, 0.717) is 6.61 Å². The van der Waals surface area contributed by atoms with Gasteiger partial charge in [0.25, 0.3) is 0 Å². The van der Waals surface area contributed by atoms with E-state index in [1.807, 2.05) is 54.3 Å². The second kappa shape index (κ2) is 6.60. The van der Waals surface area contributed by atoms with Crippen LogP contribution in [0.2, 0.25) is 0 Å². The molecule has 1 fully saturated rings. The SMILES string of the molecule is Cc1cc([C@@H]2CCCN2C(=O)OCc2ccccc2)ccn1. The van der Waals surface area contributed by atoms with Crippen LogP contribution in [0.5, 0.6) is 0 Å². The quantitative estimate of drug-likeness (QED) is 0.863. The highest BCUT2D eigenvalue weighted by molar-refractivity contribution is 5.68. The predicted molar refractivity (Wildman–Crippen MR) is 84.3 cm³/mol. The smallest absolute Gasteiger partial charge is 0.410 e. The van der Waals surface area contributed by atoms with Crippen molar-refractivity contribution in [1.82, 2.24) is 9.88 Å². The number of carbonyl (C=O) groups is 1. The first-order chi connectivity index (χ1) is 10.7. The largest absolute Gasteiger partial charge is 0.445 e. The van der Waals surface area contributed by atoms with E-state index in [1.54, 1.807) is 6.20 Å².